The summed E-state index contributed by atoms with van der Waals surface area (Å²) in [5.41, 5.74) is 1.76. The van der Waals surface area contributed by atoms with E-state index in [0.717, 1.165) is 30.2 Å². The zero-order valence-electron chi connectivity index (χ0n) is 14.2. The average molecular weight is 330 g/mol. The normalized spacial score (nSPS) is 14.6. The first-order chi connectivity index (χ1) is 11.6. The molecule has 2 heterocycles. The lowest BCUT2D eigenvalue weighted by Gasteiger charge is -2.34. The van der Waals surface area contributed by atoms with E-state index in [1.165, 1.54) is 0 Å². The molecule has 2 aromatic rings. The molecule has 7 heteroatoms. The predicted molar refractivity (Wildman–Crippen MR) is 91.8 cm³/mol. The van der Waals surface area contributed by atoms with E-state index >= 15 is 0 Å². The van der Waals surface area contributed by atoms with Crippen LogP contribution in [0, 0.1) is 13.8 Å². The molecule has 0 bridgehead atoms. The van der Waals surface area contributed by atoms with Crippen molar-refractivity contribution in [3.63, 3.8) is 0 Å². The molecule has 1 aromatic carbocycles. The van der Waals surface area contributed by atoms with E-state index in [4.69, 9.17) is 9.26 Å². The minimum atomic E-state index is -0.116. The second kappa shape index (κ2) is 6.82. The molecule has 24 heavy (non-hydrogen) atoms. The number of rotatable bonds is 3. The van der Waals surface area contributed by atoms with Crippen molar-refractivity contribution in [1.29, 1.82) is 0 Å². The topological polar surface area (TPSA) is 70.8 Å². The van der Waals surface area contributed by atoms with Crippen LogP contribution in [0.5, 0.6) is 5.75 Å². The van der Waals surface area contributed by atoms with Gasteiger partial charge in [-0.2, -0.15) is 0 Å². The highest BCUT2D eigenvalue weighted by Gasteiger charge is 2.23. The predicted octanol–water partition coefficient (Wildman–Crippen LogP) is 2.65. The van der Waals surface area contributed by atoms with Crippen LogP contribution in [0.15, 0.2) is 28.8 Å². The van der Waals surface area contributed by atoms with E-state index in [-0.39, 0.29) is 6.03 Å². The highest BCUT2D eigenvalue weighted by Crippen LogP contribution is 2.25. The largest absolute Gasteiger partial charge is 0.495 e. The summed E-state index contributed by atoms with van der Waals surface area (Å²) in [5, 5.41) is 6.96. The summed E-state index contributed by atoms with van der Waals surface area (Å²) in [5.74, 6) is 2.27. The van der Waals surface area contributed by atoms with Crippen molar-refractivity contribution in [2.24, 2.45) is 0 Å². The molecular weight excluding hydrogens is 308 g/mol. The Bertz CT molecular complexity index is 720. The van der Waals surface area contributed by atoms with Gasteiger partial charge in [0.25, 0.3) is 0 Å². The Morgan fingerprint density at radius 3 is 2.58 bits per heavy atom. The van der Waals surface area contributed by atoms with Crippen LogP contribution in [0.3, 0.4) is 0 Å². The molecule has 0 spiro atoms. The molecule has 0 radical (unpaired) electrons. The van der Waals surface area contributed by atoms with Gasteiger partial charge in [0.15, 0.2) is 5.82 Å². The van der Waals surface area contributed by atoms with E-state index < -0.39 is 0 Å². The Morgan fingerprint density at radius 1 is 1.21 bits per heavy atom. The number of nitrogens with zero attached hydrogens (tertiary/aromatic N) is 3. The first-order valence-electron chi connectivity index (χ1n) is 7.95. The van der Waals surface area contributed by atoms with E-state index in [0.29, 0.717) is 24.5 Å². The van der Waals surface area contributed by atoms with Gasteiger partial charge in [-0.25, -0.2) is 4.79 Å². The number of piperazine rings is 1. The number of urea groups is 1. The van der Waals surface area contributed by atoms with Gasteiger partial charge in [-0.05, 0) is 31.5 Å². The molecule has 1 N–H and O–H groups in total. The minimum absolute atomic E-state index is 0.116. The second-order valence-corrected chi connectivity index (χ2v) is 5.90. The number of hydrogen-bond donors (Lipinski definition) is 1. The van der Waals surface area contributed by atoms with Crippen molar-refractivity contribution in [1.82, 2.24) is 10.1 Å². The van der Waals surface area contributed by atoms with Gasteiger partial charge >= 0.3 is 6.03 Å². The van der Waals surface area contributed by atoms with Crippen LogP contribution in [0.1, 0.15) is 11.3 Å². The lowest BCUT2D eigenvalue weighted by atomic mass is 10.2. The van der Waals surface area contributed by atoms with Crippen molar-refractivity contribution < 1.29 is 14.1 Å². The molecule has 1 aromatic heterocycles. The lowest BCUT2D eigenvalue weighted by molar-refractivity contribution is 0.208. The molecule has 0 atom stereocenters. The summed E-state index contributed by atoms with van der Waals surface area (Å²) < 4.78 is 10.4. The number of benzene rings is 1. The van der Waals surface area contributed by atoms with Crippen molar-refractivity contribution >= 4 is 17.5 Å². The standard InChI is InChI=1S/C17H22N4O3/c1-12-4-5-15(23-3)14(10-12)18-17(22)21-8-6-20(7-9-21)16-11-13(2)24-19-16/h4-5,10-11H,6-9H2,1-3H3,(H,18,22). The van der Waals surface area contributed by atoms with E-state index in [1.807, 2.05) is 38.1 Å². The lowest BCUT2D eigenvalue weighted by Crippen LogP contribution is -2.50. The fourth-order valence-electron chi connectivity index (χ4n) is 2.75. The number of aromatic nitrogens is 1. The van der Waals surface area contributed by atoms with Crippen molar-refractivity contribution in [2.45, 2.75) is 13.8 Å². The maximum Gasteiger partial charge on any atom is 0.322 e. The Kier molecular flexibility index (Phi) is 4.59. The zero-order valence-corrected chi connectivity index (χ0v) is 14.2. The van der Waals surface area contributed by atoms with Gasteiger partial charge < -0.3 is 24.4 Å². The van der Waals surface area contributed by atoms with Crippen LogP contribution in [-0.2, 0) is 0 Å². The highest BCUT2D eigenvalue weighted by molar-refractivity contribution is 5.91. The summed E-state index contributed by atoms with van der Waals surface area (Å²) in [4.78, 5) is 16.4. The number of anilines is 2. The molecule has 0 aliphatic carbocycles. The molecule has 0 unspecified atom stereocenters. The number of carbonyl (C=O) groups is 1. The molecule has 0 saturated carbocycles. The van der Waals surface area contributed by atoms with E-state index in [9.17, 15) is 4.79 Å². The van der Waals surface area contributed by atoms with Gasteiger partial charge in [-0.1, -0.05) is 11.2 Å². The van der Waals surface area contributed by atoms with Crippen molar-refractivity contribution in [3.8, 4) is 5.75 Å². The maximum absolute atomic E-state index is 12.5. The number of carbonyl (C=O) groups excluding carboxylic acids is 1. The summed E-state index contributed by atoms with van der Waals surface area (Å²) in [6, 6.07) is 7.51. The number of aryl methyl sites for hydroxylation is 2. The van der Waals surface area contributed by atoms with Crippen molar-refractivity contribution in [2.75, 3.05) is 43.5 Å². The van der Waals surface area contributed by atoms with Gasteiger partial charge in [0.2, 0.25) is 0 Å². The number of methoxy groups -OCH3 is 1. The summed E-state index contributed by atoms with van der Waals surface area (Å²) in [6.45, 7) is 6.57. The minimum Gasteiger partial charge on any atom is -0.495 e. The molecule has 1 saturated heterocycles. The first-order valence-corrected chi connectivity index (χ1v) is 7.95. The Labute approximate surface area is 141 Å². The SMILES string of the molecule is COc1ccc(C)cc1NC(=O)N1CCN(c2cc(C)on2)CC1. The van der Waals surface area contributed by atoms with Gasteiger partial charge in [0, 0.05) is 32.2 Å². The molecule has 1 aliphatic rings. The van der Waals surface area contributed by atoms with Crippen LogP contribution in [-0.4, -0.2) is 49.4 Å². The van der Waals surface area contributed by atoms with Crippen LogP contribution in [0.4, 0.5) is 16.3 Å². The molecule has 1 aliphatic heterocycles. The summed E-state index contributed by atoms with van der Waals surface area (Å²) in [7, 11) is 1.60. The third-order valence-corrected chi connectivity index (χ3v) is 4.10. The average Bonchev–Trinajstić information content (AvgIpc) is 3.02. The fourth-order valence-corrected chi connectivity index (χ4v) is 2.75. The highest BCUT2D eigenvalue weighted by atomic mass is 16.5. The van der Waals surface area contributed by atoms with E-state index in [2.05, 4.69) is 15.4 Å². The molecular formula is C17H22N4O3. The van der Waals surface area contributed by atoms with E-state index in [1.54, 1.807) is 12.0 Å². The van der Waals surface area contributed by atoms with Gasteiger partial charge in [0.1, 0.15) is 11.5 Å². The van der Waals surface area contributed by atoms with Crippen LogP contribution in [0.2, 0.25) is 0 Å². The van der Waals surface area contributed by atoms with Crippen LogP contribution in [0.25, 0.3) is 0 Å². The molecule has 1 fully saturated rings. The number of hydrogen-bond acceptors (Lipinski definition) is 5. The summed E-state index contributed by atoms with van der Waals surface area (Å²) >= 11 is 0. The molecule has 7 nitrogen and oxygen atoms in total. The number of ether oxygens (including phenoxy) is 1. The zero-order chi connectivity index (χ0) is 17.1. The Hall–Kier alpha value is -2.70. The van der Waals surface area contributed by atoms with Gasteiger partial charge in [-0.3, -0.25) is 0 Å². The molecule has 3 rings (SSSR count). The smallest absolute Gasteiger partial charge is 0.322 e. The third-order valence-electron chi connectivity index (χ3n) is 4.10. The Balaban J connectivity index is 1.60. The molecule has 2 amide bonds. The van der Waals surface area contributed by atoms with Gasteiger partial charge in [-0.15, -0.1) is 0 Å². The first kappa shape index (κ1) is 16.2. The monoisotopic (exact) mass is 330 g/mol. The second-order valence-electron chi connectivity index (χ2n) is 5.90. The molecule has 128 valence electrons. The third kappa shape index (κ3) is 3.45. The van der Waals surface area contributed by atoms with Gasteiger partial charge in [0.05, 0.1) is 12.8 Å². The summed E-state index contributed by atoms with van der Waals surface area (Å²) in [6.07, 6.45) is 0. The van der Waals surface area contributed by atoms with Crippen molar-refractivity contribution in [3.05, 3.63) is 35.6 Å². The van der Waals surface area contributed by atoms with Crippen LogP contribution < -0.4 is 15.0 Å². The fraction of sp³-hybridized carbons (Fsp3) is 0.412. The quantitative estimate of drug-likeness (QED) is 0.937. The maximum atomic E-state index is 12.5. The number of amides is 2. The number of nitrogens with one attached hydrogen (secondary N) is 1. The Morgan fingerprint density at radius 2 is 1.96 bits per heavy atom. The van der Waals surface area contributed by atoms with Crippen LogP contribution >= 0.6 is 0 Å².